The molecule has 3 heteroatoms. The fourth-order valence-corrected chi connectivity index (χ4v) is 1.37. The van der Waals surface area contributed by atoms with Crippen molar-refractivity contribution in [2.75, 3.05) is 6.54 Å². The molecule has 1 rings (SSSR count). The first kappa shape index (κ1) is 15.4. The molecule has 0 amide bonds. The molecule has 3 nitrogen and oxygen atoms in total. The molecular formula is C14H24N2O. The zero-order valence-corrected chi connectivity index (χ0v) is 10.8. The van der Waals surface area contributed by atoms with Crippen LogP contribution in [0.2, 0.25) is 0 Å². The number of phenolic OH excluding ortho intramolecular Hbond substituents is 1. The normalized spacial score (nSPS) is 9.76. The van der Waals surface area contributed by atoms with Gasteiger partial charge in [0.2, 0.25) is 0 Å². The number of nitrogens with one attached hydrogen (secondary N) is 1. The Morgan fingerprint density at radius 2 is 1.82 bits per heavy atom. The third-order valence-corrected chi connectivity index (χ3v) is 2.19. The van der Waals surface area contributed by atoms with Crippen molar-refractivity contribution in [1.82, 2.24) is 5.32 Å². The molecule has 1 aromatic carbocycles. The molecule has 0 spiro atoms. The van der Waals surface area contributed by atoms with Gasteiger partial charge < -0.3 is 16.2 Å². The summed E-state index contributed by atoms with van der Waals surface area (Å²) in [6, 6.07) is 7.38. The second-order valence-electron chi connectivity index (χ2n) is 3.44. The lowest BCUT2D eigenvalue weighted by atomic mass is 10.1. The quantitative estimate of drug-likeness (QED) is 0.666. The van der Waals surface area contributed by atoms with E-state index in [1.807, 2.05) is 26.0 Å². The lowest BCUT2D eigenvalue weighted by molar-refractivity contribution is 0.475. The highest BCUT2D eigenvalue weighted by molar-refractivity contribution is 5.25. The molecule has 0 radical (unpaired) electrons. The number of nitrogens with two attached hydrogens (primary N) is 1. The summed E-state index contributed by atoms with van der Waals surface area (Å²) < 4.78 is 0. The Hall–Kier alpha value is -1.64. The van der Waals surface area contributed by atoms with Crippen LogP contribution in [0.5, 0.6) is 5.75 Å². The van der Waals surface area contributed by atoms with Crippen molar-refractivity contribution in [3.8, 4) is 5.75 Å². The predicted molar refractivity (Wildman–Crippen MR) is 73.7 cm³/mol. The number of rotatable bonds is 6. The number of hydrogen-bond acceptors (Lipinski definition) is 3. The fourth-order valence-electron chi connectivity index (χ4n) is 1.37. The van der Waals surface area contributed by atoms with Crippen molar-refractivity contribution in [3.63, 3.8) is 0 Å². The van der Waals surface area contributed by atoms with Crippen LogP contribution in [0, 0.1) is 0 Å². The first-order valence-electron chi connectivity index (χ1n) is 6.21. The molecule has 4 N–H and O–H groups in total. The van der Waals surface area contributed by atoms with Gasteiger partial charge in [-0.1, -0.05) is 26.0 Å². The van der Waals surface area contributed by atoms with Crippen LogP contribution in [0.1, 0.15) is 32.3 Å². The van der Waals surface area contributed by atoms with E-state index in [0.29, 0.717) is 5.75 Å². The fraction of sp³-hybridized carbons (Fsp3) is 0.429. The molecular weight excluding hydrogens is 212 g/mol. The number of hydrogen-bond donors (Lipinski definition) is 3. The summed E-state index contributed by atoms with van der Waals surface area (Å²) in [5.41, 5.74) is 6.45. The minimum atomic E-state index is 0.327. The number of aryl methyl sites for hydroxylation is 1. The van der Waals surface area contributed by atoms with Crippen LogP contribution < -0.4 is 11.1 Å². The van der Waals surface area contributed by atoms with Crippen molar-refractivity contribution >= 4 is 0 Å². The molecule has 17 heavy (non-hydrogen) atoms. The summed E-state index contributed by atoms with van der Waals surface area (Å²) in [5.74, 6) is 0.327. The van der Waals surface area contributed by atoms with Gasteiger partial charge in [-0.3, -0.25) is 0 Å². The summed E-state index contributed by atoms with van der Waals surface area (Å²) in [4.78, 5) is 0. The van der Waals surface area contributed by atoms with Gasteiger partial charge in [0.25, 0.3) is 0 Å². The molecule has 96 valence electrons. The molecule has 0 aliphatic heterocycles. The van der Waals surface area contributed by atoms with E-state index in [0.717, 1.165) is 25.8 Å². The Kier molecular flexibility index (Phi) is 9.82. The molecule has 0 bridgehead atoms. The Balaban J connectivity index is 0.00000121. The van der Waals surface area contributed by atoms with Crippen molar-refractivity contribution in [1.29, 1.82) is 0 Å². The summed E-state index contributed by atoms with van der Waals surface area (Å²) in [6.07, 6.45) is 6.55. The van der Waals surface area contributed by atoms with Crippen molar-refractivity contribution in [2.24, 2.45) is 5.73 Å². The average Bonchev–Trinajstić information content (AvgIpc) is 2.38. The van der Waals surface area contributed by atoms with E-state index in [9.17, 15) is 0 Å². The van der Waals surface area contributed by atoms with Crippen LogP contribution in [0.25, 0.3) is 0 Å². The van der Waals surface area contributed by atoms with Gasteiger partial charge in [-0.25, -0.2) is 0 Å². The molecule has 0 atom stereocenters. The molecule has 0 heterocycles. The van der Waals surface area contributed by atoms with Crippen LogP contribution in [-0.2, 0) is 6.42 Å². The monoisotopic (exact) mass is 236 g/mol. The van der Waals surface area contributed by atoms with Crippen molar-refractivity contribution < 1.29 is 5.11 Å². The van der Waals surface area contributed by atoms with Gasteiger partial charge >= 0.3 is 0 Å². The SMILES string of the molecule is CC.N/C=C\NCCCCc1ccc(O)cc1. The largest absolute Gasteiger partial charge is 0.508 e. The minimum absolute atomic E-state index is 0.327. The van der Waals surface area contributed by atoms with E-state index < -0.39 is 0 Å². The highest BCUT2D eigenvalue weighted by atomic mass is 16.3. The Morgan fingerprint density at radius 3 is 2.41 bits per heavy atom. The maximum atomic E-state index is 9.10. The van der Waals surface area contributed by atoms with E-state index in [-0.39, 0.29) is 0 Å². The van der Waals surface area contributed by atoms with Gasteiger partial charge in [0.1, 0.15) is 5.75 Å². The highest BCUT2D eigenvalue weighted by Crippen LogP contribution is 2.11. The third kappa shape index (κ3) is 8.20. The second-order valence-corrected chi connectivity index (χ2v) is 3.44. The van der Waals surface area contributed by atoms with Crippen LogP contribution in [-0.4, -0.2) is 11.7 Å². The summed E-state index contributed by atoms with van der Waals surface area (Å²) >= 11 is 0. The lowest BCUT2D eigenvalue weighted by Crippen LogP contribution is -2.07. The summed E-state index contributed by atoms with van der Waals surface area (Å²) in [7, 11) is 0. The van der Waals surface area contributed by atoms with E-state index in [2.05, 4.69) is 5.32 Å². The molecule has 0 aromatic heterocycles. The Bertz CT molecular complexity index is 294. The number of benzene rings is 1. The number of aromatic hydroxyl groups is 1. The van der Waals surface area contributed by atoms with Gasteiger partial charge in [0, 0.05) is 18.9 Å². The van der Waals surface area contributed by atoms with E-state index >= 15 is 0 Å². The van der Waals surface area contributed by atoms with Crippen LogP contribution in [0.15, 0.2) is 36.7 Å². The van der Waals surface area contributed by atoms with Gasteiger partial charge in [0.05, 0.1) is 0 Å². The van der Waals surface area contributed by atoms with Crippen LogP contribution in [0.4, 0.5) is 0 Å². The van der Waals surface area contributed by atoms with Crippen LogP contribution in [0.3, 0.4) is 0 Å². The molecule has 0 saturated heterocycles. The maximum Gasteiger partial charge on any atom is 0.115 e. The zero-order valence-electron chi connectivity index (χ0n) is 10.8. The smallest absolute Gasteiger partial charge is 0.115 e. The zero-order chi connectivity index (χ0) is 12.9. The molecule has 0 aliphatic rings. The van der Waals surface area contributed by atoms with E-state index in [4.69, 9.17) is 10.8 Å². The molecule has 0 fully saturated rings. The van der Waals surface area contributed by atoms with Gasteiger partial charge in [-0.15, -0.1) is 0 Å². The third-order valence-electron chi connectivity index (χ3n) is 2.19. The Labute approximate surface area is 104 Å². The molecule has 0 aliphatic carbocycles. The lowest BCUT2D eigenvalue weighted by Gasteiger charge is -2.02. The standard InChI is InChI=1S/C12H18N2O.C2H6/c13-8-10-14-9-2-1-3-11-4-6-12(15)7-5-11;1-2/h4-8,10,14-15H,1-3,9,13H2;1-2H3/b10-8-;. The Morgan fingerprint density at radius 1 is 1.18 bits per heavy atom. The molecule has 0 saturated carbocycles. The number of unbranched alkanes of at least 4 members (excludes halogenated alkanes) is 1. The molecule has 1 aromatic rings. The average molecular weight is 236 g/mol. The van der Waals surface area contributed by atoms with Crippen molar-refractivity contribution in [2.45, 2.75) is 33.1 Å². The van der Waals surface area contributed by atoms with Crippen LogP contribution >= 0.6 is 0 Å². The van der Waals surface area contributed by atoms with Gasteiger partial charge in [-0.05, 0) is 37.0 Å². The van der Waals surface area contributed by atoms with E-state index in [1.54, 1.807) is 18.3 Å². The van der Waals surface area contributed by atoms with Gasteiger partial charge in [0.15, 0.2) is 0 Å². The maximum absolute atomic E-state index is 9.10. The highest BCUT2D eigenvalue weighted by Gasteiger charge is 1.93. The topological polar surface area (TPSA) is 58.3 Å². The summed E-state index contributed by atoms with van der Waals surface area (Å²) in [5, 5.41) is 12.2. The number of phenols is 1. The first-order valence-corrected chi connectivity index (χ1v) is 6.21. The van der Waals surface area contributed by atoms with Gasteiger partial charge in [-0.2, -0.15) is 0 Å². The first-order chi connectivity index (χ1) is 8.33. The predicted octanol–water partition coefficient (Wildman–Crippen LogP) is 2.76. The minimum Gasteiger partial charge on any atom is -0.508 e. The molecule has 0 unspecified atom stereocenters. The van der Waals surface area contributed by atoms with Crippen molar-refractivity contribution in [3.05, 3.63) is 42.2 Å². The second kappa shape index (κ2) is 10.9. The summed E-state index contributed by atoms with van der Waals surface area (Å²) in [6.45, 7) is 4.95. The van der Waals surface area contributed by atoms with E-state index in [1.165, 1.54) is 11.8 Å².